The molecule has 0 spiro atoms. The molecule has 0 aliphatic heterocycles. The summed E-state index contributed by atoms with van der Waals surface area (Å²) in [6, 6.07) is 6.93. The van der Waals surface area contributed by atoms with Crippen LogP contribution >= 0.6 is 34.7 Å². The number of thioether (sulfide) groups is 1. The number of halogens is 1. The average Bonchev–Trinajstić information content (AvgIpc) is 3.22. The standard InChI is InChI=1S/C21H19ClN4O2S2/c22-13-6-7-16-17(10-13)24-21(26(19(16)28)15-4-2-1-3-5-15)30-12-14-11-18(27)25-8-9-29-20(25)23-14/h6-11,15H,1-5,12H2. The third kappa shape index (κ3) is 3.68. The number of benzene rings is 1. The predicted molar refractivity (Wildman–Crippen MR) is 122 cm³/mol. The molecule has 4 aromatic rings. The summed E-state index contributed by atoms with van der Waals surface area (Å²) in [5.41, 5.74) is 1.17. The lowest BCUT2D eigenvalue weighted by Crippen LogP contribution is -2.29. The van der Waals surface area contributed by atoms with Crippen LogP contribution in [0.1, 0.15) is 43.8 Å². The van der Waals surface area contributed by atoms with Gasteiger partial charge in [-0.1, -0.05) is 42.6 Å². The highest BCUT2D eigenvalue weighted by Gasteiger charge is 2.22. The van der Waals surface area contributed by atoms with Crippen LogP contribution in [0.4, 0.5) is 0 Å². The van der Waals surface area contributed by atoms with Crippen LogP contribution in [-0.2, 0) is 5.75 Å². The summed E-state index contributed by atoms with van der Waals surface area (Å²) < 4.78 is 3.39. The van der Waals surface area contributed by atoms with Crippen LogP contribution < -0.4 is 11.1 Å². The van der Waals surface area contributed by atoms with Gasteiger partial charge in [0, 0.05) is 34.5 Å². The van der Waals surface area contributed by atoms with E-state index in [2.05, 4.69) is 4.98 Å². The van der Waals surface area contributed by atoms with E-state index in [-0.39, 0.29) is 17.2 Å². The molecular weight excluding hydrogens is 440 g/mol. The summed E-state index contributed by atoms with van der Waals surface area (Å²) in [6.07, 6.45) is 7.13. The Hall–Kier alpha value is -2.16. The largest absolute Gasteiger partial charge is 0.284 e. The van der Waals surface area contributed by atoms with E-state index in [1.165, 1.54) is 33.9 Å². The molecule has 0 amide bonds. The minimum atomic E-state index is -0.0974. The molecule has 0 bridgehead atoms. The van der Waals surface area contributed by atoms with Crippen LogP contribution in [0.2, 0.25) is 5.02 Å². The molecule has 0 radical (unpaired) electrons. The van der Waals surface area contributed by atoms with Gasteiger partial charge in [-0.25, -0.2) is 9.97 Å². The zero-order chi connectivity index (χ0) is 20.7. The summed E-state index contributed by atoms with van der Waals surface area (Å²) in [4.78, 5) is 35.7. The Labute approximate surface area is 185 Å². The van der Waals surface area contributed by atoms with E-state index in [0.717, 1.165) is 25.7 Å². The summed E-state index contributed by atoms with van der Waals surface area (Å²) in [6.45, 7) is 0. The summed E-state index contributed by atoms with van der Waals surface area (Å²) in [5.74, 6) is 0.467. The van der Waals surface area contributed by atoms with E-state index >= 15 is 0 Å². The molecule has 6 nitrogen and oxygen atoms in total. The molecule has 1 fully saturated rings. The van der Waals surface area contributed by atoms with Crippen LogP contribution in [0.5, 0.6) is 0 Å². The molecule has 9 heteroatoms. The number of thiazole rings is 1. The van der Waals surface area contributed by atoms with Gasteiger partial charge < -0.3 is 0 Å². The summed E-state index contributed by atoms with van der Waals surface area (Å²) in [7, 11) is 0. The zero-order valence-corrected chi connectivity index (χ0v) is 18.5. The average molecular weight is 459 g/mol. The van der Waals surface area contributed by atoms with Crippen LogP contribution in [0.3, 0.4) is 0 Å². The van der Waals surface area contributed by atoms with E-state index in [1.54, 1.807) is 30.5 Å². The Morgan fingerprint density at radius 2 is 1.97 bits per heavy atom. The molecule has 1 saturated carbocycles. The normalized spacial score (nSPS) is 15.2. The fraction of sp³-hybridized carbons (Fsp3) is 0.333. The van der Waals surface area contributed by atoms with Crippen LogP contribution in [0.25, 0.3) is 15.9 Å². The van der Waals surface area contributed by atoms with Gasteiger partial charge in [-0.15, -0.1) is 11.3 Å². The van der Waals surface area contributed by atoms with Crippen molar-refractivity contribution >= 4 is 50.6 Å². The second-order valence-corrected chi connectivity index (χ2v) is 9.70. The van der Waals surface area contributed by atoms with Crippen molar-refractivity contribution in [2.45, 2.75) is 49.1 Å². The highest BCUT2D eigenvalue weighted by molar-refractivity contribution is 7.98. The van der Waals surface area contributed by atoms with Gasteiger partial charge in [-0.3, -0.25) is 18.6 Å². The highest BCUT2D eigenvalue weighted by atomic mass is 35.5. The summed E-state index contributed by atoms with van der Waals surface area (Å²) in [5, 5.41) is 3.65. The van der Waals surface area contributed by atoms with Crippen molar-refractivity contribution in [1.29, 1.82) is 0 Å². The first-order valence-electron chi connectivity index (χ1n) is 9.90. The number of nitrogens with zero attached hydrogens (tertiary/aromatic N) is 4. The Morgan fingerprint density at radius 1 is 1.13 bits per heavy atom. The third-order valence-corrected chi connectivity index (χ3v) is 7.45. The molecular formula is C21H19ClN4O2S2. The van der Waals surface area contributed by atoms with Gasteiger partial charge in [0.05, 0.1) is 16.6 Å². The van der Waals surface area contributed by atoms with Crippen molar-refractivity contribution in [2.75, 3.05) is 0 Å². The number of fused-ring (bicyclic) bond motifs is 2. The van der Waals surface area contributed by atoms with Crippen molar-refractivity contribution in [3.8, 4) is 0 Å². The molecule has 154 valence electrons. The van der Waals surface area contributed by atoms with Crippen molar-refractivity contribution < 1.29 is 0 Å². The van der Waals surface area contributed by atoms with E-state index in [0.29, 0.717) is 37.5 Å². The van der Waals surface area contributed by atoms with Crippen molar-refractivity contribution in [3.63, 3.8) is 0 Å². The first-order chi connectivity index (χ1) is 14.6. The van der Waals surface area contributed by atoms with Crippen LogP contribution in [-0.4, -0.2) is 18.9 Å². The maximum atomic E-state index is 13.4. The molecule has 3 aromatic heterocycles. The third-order valence-electron chi connectivity index (χ3n) is 5.48. The number of hydrogen-bond acceptors (Lipinski definition) is 6. The maximum absolute atomic E-state index is 13.4. The Morgan fingerprint density at radius 3 is 2.80 bits per heavy atom. The lowest BCUT2D eigenvalue weighted by atomic mass is 9.95. The van der Waals surface area contributed by atoms with Gasteiger partial charge >= 0.3 is 0 Å². The fourth-order valence-corrected chi connectivity index (χ4v) is 5.88. The first-order valence-corrected chi connectivity index (χ1v) is 12.1. The number of aromatic nitrogens is 4. The van der Waals surface area contributed by atoms with Crippen molar-refractivity contribution in [3.05, 3.63) is 67.3 Å². The van der Waals surface area contributed by atoms with Gasteiger partial charge in [0.25, 0.3) is 11.1 Å². The molecule has 5 rings (SSSR count). The lowest BCUT2D eigenvalue weighted by Gasteiger charge is -2.26. The van der Waals surface area contributed by atoms with E-state index in [4.69, 9.17) is 16.6 Å². The quantitative estimate of drug-likeness (QED) is 0.321. The Kier molecular flexibility index (Phi) is 5.39. The second kappa shape index (κ2) is 8.17. The topological polar surface area (TPSA) is 69.3 Å². The molecule has 0 N–H and O–H groups in total. The minimum absolute atomic E-state index is 0.0206. The first kappa shape index (κ1) is 19.8. The molecule has 1 aromatic carbocycles. The highest BCUT2D eigenvalue weighted by Crippen LogP contribution is 2.32. The fourth-order valence-electron chi connectivity index (χ4n) is 4.02. The van der Waals surface area contributed by atoms with Gasteiger partial charge in [-0.2, -0.15) is 0 Å². The lowest BCUT2D eigenvalue weighted by molar-refractivity contribution is 0.326. The van der Waals surface area contributed by atoms with Gasteiger partial charge in [0.1, 0.15) is 0 Å². The second-order valence-electron chi connectivity index (χ2n) is 7.45. The molecule has 1 aliphatic rings. The molecule has 3 heterocycles. The van der Waals surface area contributed by atoms with Crippen molar-refractivity contribution in [2.24, 2.45) is 0 Å². The Bertz CT molecular complexity index is 1350. The molecule has 1 aliphatic carbocycles. The van der Waals surface area contributed by atoms with E-state index in [1.807, 2.05) is 9.95 Å². The Balaban J connectivity index is 1.57. The van der Waals surface area contributed by atoms with Crippen LogP contribution in [0.15, 0.2) is 50.6 Å². The maximum Gasteiger partial charge on any atom is 0.262 e. The smallest absolute Gasteiger partial charge is 0.262 e. The number of rotatable bonds is 4. The SMILES string of the molecule is O=c1c2ccc(Cl)cc2nc(SCc2cc(=O)n3ccsc3n2)n1C1CCCCC1. The molecule has 0 unspecified atom stereocenters. The monoisotopic (exact) mass is 458 g/mol. The summed E-state index contributed by atoms with van der Waals surface area (Å²) >= 11 is 9.02. The van der Waals surface area contributed by atoms with E-state index < -0.39 is 0 Å². The zero-order valence-electron chi connectivity index (χ0n) is 16.1. The van der Waals surface area contributed by atoms with Gasteiger partial charge in [0.15, 0.2) is 10.1 Å². The predicted octanol–water partition coefficient (Wildman–Crippen LogP) is 4.92. The number of hydrogen-bond donors (Lipinski definition) is 0. The van der Waals surface area contributed by atoms with E-state index in [9.17, 15) is 9.59 Å². The van der Waals surface area contributed by atoms with Crippen LogP contribution in [0, 0.1) is 0 Å². The molecule has 0 saturated heterocycles. The molecule has 30 heavy (non-hydrogen) atoms. The van der Waals surface area contributed by atoms with Gasteiger partial charge in [-0.05, 0) is 31.0 Å². The molecule has 0 atom stereocenters. The minimum Gasteiger partial charge on any atom is -0.284 e. The van der Waals surface area contributed by atoms with Gasteiger partial charge in [0.2, 0.25) is 0 Å². The van der Waals surface area contributed by atoms with Crippen molar-refractivity contribution in [1.82, 2.24) is 18.9 Å².